The van der Waals surface area contributed by atoms with E-state index in [1.165, 1.54) is 5.56 Å². The van der Waals surface area contributed by atoms with Gasteiger partial charge in [-0.2, -0.15) is 16.4 Å². The Morgan fingerprint density at radius 3 is 2.58 bits per heavy atom. The van der Waals surface area contributed by atoms with Crippen molar-refractivity contribution in [1.82, 2.24) is 15.1 Å². The van der Waals surface area contributed by atoms with Gasteiger partial charge in [0.15, 0.2) is 0 Å². The topological polar surface area (TPSA) is 67.2 Å². The monoisotopic (exact) mass is 524 g/mol. The molecule has 2 amide bonds. The van der Waals surface area contributed by atoms with Crippen LogP contribution in [-0.4, -0.2) is 40.4 Å². The van der Waals surface area contributed by atoms with E-state index < -0.39 is 0 Å². The van der Waals surface area contributed by atoms with Crippen LogP contribution in [0.5, 0.6) is 0 Å². The fourth-order valence-corrected chi connectivity index (χ4v) is 6.45. The Balaban J connectivity index is 1.97. The molecule has 3 aromatic rings. The number of hydrogen-bond donors (Lipinski definition) is 1. The molecule has 0 spiro atoms. The molecule has 6 nitrogen and oxygen atoms in total. The lowest BCUT2D eigenvalue weighted by Gasteiger charge is -2.24. The Labute approximate surface area is 222 Å². The summed E-state index contributed by atoms with van der Waals surface area (Å²) in [6.07, 6.45) is 0. The molecule has 0 saturated carbocycles. The van der Waals surface area contributed by atoms with Gasteiger partial charge in [-0.05, 0) is 53.8 Å². The van der Waals surface area contributed by atoms with E-state index in [1.807, 2.05) is 4.68 Å². The first-order valence-corrected chi connectivity index (χ1v) is 14.4. The van der Waals surface area contributed by atoms with Crippen LogP contribution in [0.15, 0.2) is 35.0 Å². The van der Waals surface area contributed by atoms with Crippen molar-refractivity contribution in [3.05, 3.63) is 63.0 Å². The second kappa shape index (κ2) is 10.4. The molecule has 2 aromatic heterocycles. The van der Waals surface area contributed by atoms with E-state index in [-0.39, 0.29) is 29.0 Å². The molecule has 192 valence electrons. The summed E-state index contributed by atoms with van der Waals surface area (Å²) in [5, 5.41) is 12.3. The lowest BCUT2D eigenvalue weighted by Crippen LogP contribution is -2.43. The molecule has 1 aromatic carbocycles. The SMILES string of the molecule is Cc1ccc(-n2nc(C(C)(C)C)c3c2N(CC(=O)NCC(C)C)C(=O)CS[C@H]3c2ccsc2)c(C)c1. The number of fused-ring (bicyclic) bond motifs is 1. The maximum absolute atomic E-state index is 13.6. The molecule has 0 aliphatic carbocycles. The second-order valence-corrected chi connectivity index (χ2v) is 12.8. The van der Waals surface area contributed by atoms with E-state index in [0.717, 1.165) is 28.1 Å². The number of amides is 2. The van der Waals surface area contributed by atoms with Gasteiger partial charge in [0.2, 0.25) is 11.8 Å². The van der Waals surface area contributed by atoms with Gasteiger partial charge in [-0.3, -0.25) is 14.5 Å². The van der Waals surface area contributed by atoms with Gasteiger partial charge in [0.1, 0.15) is 12.4 Å². The largest absolute Gasteiger partial charge is 0.354 e. The summed E-state index contributed by atoms with van der Waals surface area (Å²) in [6, 6.07) is 8.38. The van der Waals surface area contributed by atoms with Crippen LogP contribution < -0.4 is 10.2 Å². The zero-order chi connectivity index (χ0) is 26.2. The minimum atomic E-state index is -0.262. The van der Waals surface area contributed by atoms with Crippen LogP contribution in [0.3, 0.4) is 0 Å². The van der Waals surface area contributed by atoms with Gasteiger partial charge in [0.05, 0.1) is 22.4 Å². The maximum atomic E-state index is 13.6. The smallest absolute Gasteiger partial charge is 0.240 e. The van der Waals surface area contributed by atoms with E-state index in [9.17, 15) is 9.59 Å². The van der Waals surface area contributed by atoms with Crippen molar-refractivity contribution in [2.45, 2.75) is 59.1 Å². The lowest BCUT2D eigenvalue weighted by atomic mass is 9.87. The number of rotatable bonds is 6. The summed E-state index contributed by atoms with van der Waals surface area (Å²) in [5.74, 6) is 1.09. The first-order valence-electron chi connectivity index (χ1n) is 12.4. The zero-order valence-corrected chi connectivity index (χ0v) is 23.8. The van der Waals surface area contributed by atoms with Crippen molar-refractivity contribution in [2.24, 2.45) is 5.92 Å². The predicted molar refractivity (Wildman–Crippen MR) is 151 cm³/mol. The zero-order valence-electron chi connectivity index (χ0n) is 22.2. The van der Waals surface area contributed by atoms with Crippen molar-refractivity contribution in [2.75, 3.05) is 23.7 Å². The molecule has 0 saturated heterocycles. The summed E-state index contributed by atoms with van der Waals surface area (Å²) in [5.41, 5.74) is 6.03. The number of benzene rings is 1. The van der Waals surface area contributed by atoms with Crippen molar-refractivity contribution < 1.29 is 9.59 Å². The van der Waals surface area contributed by atoms with E-state index in [2.05, 4.69) is 88.8 Å². The number of hydrogen-bond acceptors (Lipinski definition) is 5. The molecule has 3 heterocycles. The molecule has 1 atom stereocenters. The third-order valence-corrected chi connectivity index (χ3v) is 8.19. The average molecular weight is 525 g/mol. The van der Waals surface area contributed by atoms with Crippen LogP contribution in [0.2, 0.25) is 0 Å². The molecule has 0 radical (unpaired) electrons. The van der Waals surface area contributed by atoms with Crippen LogP contribution in [0.4, 0.5) is 5.82 Å². The number of nitrogens with zero attached hydrogens (tertiary/aromatic N) is 3. The lowest BCUT2D eigenvalue weighted by molar-refractivity contribution is -0.123. The van der Waals surface area contributed by atoms with Crippen LogP contribution in [-0.2, 0) is 15.0 Å². The molecule has 0 unspecified atom stereocenters. The van der Waals surface area contributed by atoms with E-state index in [4.69, 9.17) is 5.10 Å². The van der Waals surface area contributed by atoms with Crippen molar-refractivity contribution in [3.63, 3.8) is 0 Å². The average Bonchev–Trinajstić information content (AvgIpc) is 3.42. The number of nitrogens with one attached hydrogen (secondary N) is 1. The Hall–Kier alpha value is -2.58. The Morgan fingerprint density at radius 2 is 1.97 bits per heavy atom. The van der Waals surface area contributed by atoms with Gasteiger partial charge in [0, 0.05) is 17.5 Å². The summed E-state index contributed by atoms with van der Waals surface area (Å²) >= 11 is 3.27. The normalized spacial score (nSPS) is 16.3. The molecular formula is C28H36N4O2S2. The molecule has 0 fully saturated rings. The highest BCUT2D eigenvalue weighted by molar-refractivity contribution is 8.00. The van der Waals surface area contributed by atoms with E-state index in [1.54, 1.807) is 28.0 Å². The van der Waals surface area contributed by atoms with E-state index in [0.29, 0.717) is 24.0 Å². The first kappa shape index (κ1) is 26.5. The standard InChI is InChI=1S/C28H36N4O2S2/c1-17(2)13-29-22(33)14-31-23(34)16-36-25(20-10-11-35-15-20)24-26(28(5,6)7)30-32(27(24)31)21-9-8-18(3)12-19(21)4/h8-12,15,17,25H,13-14,16H2,1-7H3,(H,29,33)/t25-/m0/s1. The number of thiophene rings is 1. The van der Waals surface area contributed by atoms with Crippen molar-refractivity contribution in [3.8, 4) is 5.69 Å². The van der Waals surface area contributed by atoms with Crippen LogP contribution >= 0.6 is 23.1 Å². The number of carbonyl (C=O) groups is 2. The Kier molecular flexibility index (Phi) is 7.67. The summed E-state index contributed by atoms with van der Waals surface area (Å²) in [7, 11) is 0. The van der Waals surface area contributed by atoms with E-state index >= 15 is 0 Å². The first-order chi connectivity index (χ1) is 17.0. The van der Waals surface area contributed by atoms with Crippen LogP contribution in [0.1, 0.15) is 67.8 Å². The highest BCUT2D eigenvalue weighted by Gasteiger charge is 2.40. The summed E-state index contributed by atoms with van der Waals surface area (Å²) in [4.78, 5) is 28.3. The number of aromatic nitrogens is 2. The van der Waals surface area contributed by atoms with Gasteiger partial charge in [-0.15, -0.1) is 11.8 Å². The highest BCUT2D eigenvalue weighted by atomic mass is 32.2. The van der Waals surface area contributed by atoms with Crippen LogP contribution in [0.25, 0.3) is 5.69 Å². The van der Waals surface area contributed by atoms with Gasteiger partial charge < -0.3 is 5.32 Å². The number of anilines is 1. The summed E-state index contributed by atoms with van der Waals surface area (Å²) < 4.78 is 1.91. The van der Waals surface area contributed by atoms with Gasteiger partial charge >= 0.3 is 0 Å². The van der Waals surface area contributed by atoms with Gasteiger partial charge in [-0.1, -0.05) is 52.3 Å². The quantitative estimate of drug-likeness (QED) is 0.443. The molecule has 1 aliphatic rings. The third-order valence-electron chi connectivity index (χ3n) is 6.24. The van der Waals surface area contributed by atoms with Gasteiger partial charge in [-0.25, -0.2) is 4.68 Å². The molecule has 8 heteroatoms. The Bertz CT molecular complexity index is 1260. The molecular weight excluding hydrogens is 488 g/mol. The molecule has 0 bridgehead atoms. The maximum Gasteiger partial charge on any atom is 0.240 e. The summed E-state index contributed by atoms with van der Waals surface area (Å²) in [6.45, 7) is 15.3. The van der Waals surface area contributed by atoms with Gasteiger partial charge in [0.25, 0.3) is 0 Å². The molecule has 1 N–H and O–H groups in total. The minimum Gasteiger partial charge on any atom is -0.354 e. The third kappa shape index (κ3) is 5.39. The fraction of sp³-hybridized carbons (Fsp3) is 0.464. The predicted octanol–water partition coefficient (Wildman–Crippen LogP) is 5.79. The molecule has 1 aliphatic heterocycles. The fourth-order valence-electron chi connectivity index (χ4n) is 4.49. The number of aryl methyl sites for hydroxylation is 2. The number of carbonyl (C=O) groups excluding carboxylic acids is 2. The van der Waals surface area contributed by atoms with Crippen molar-refractivity contribution in [1.29, 1.82) is 0 Å². The molecule has 36 heavy (non-hydrogen) atoms. The Morgan fingerprint density at radius 1 is 1.22 bits per heavy atom. The van der Waals surface area contributed by atoms with Crippen molar-refractivity contribution >= 4 is 40.7 Å². The number of thioether (sulfide) groups is 1. The minimum absolute atomic E-state index is 0.0321. The second-order valence-electron chi connectivity index (χ2n) is 11.0. The van der Waals surface area contributed by atoms with Crippen LogP contribution in [0, 0.1) is 19.8 Å². The molecule has 4 rings (SSSR count). The highest BCUT2D eigenvalue weighted by Crippen LogP contribution is 2.48.